The van der Waals surface area contributed by atoms with E-state index in [9.17, 15) is 19.1 Å². The van der Waals surface area contributed by atoms with Crippen molar-refractivity contribution in [2.45, 2.75) is 51.4 Å². The molecule has 10 heteroatoms. The molecule has 1 aromatic carbocycles. The number of furan rings is 1. The number of amides is 1. The van der Waals surface area contributed by atoms with Crippen LogP contribution < -0.4 is 10.1 Å². The molecule has 38 heavy (non-hydrogen) atoms. The minimum absolute atomic E-state index is 0.144. The predicted molar refractivity (Wildman–Crippen MR) is 140 cm³/mol. The van der Waals surface area contributed by atoms with Gasteiger partial charge >= 0.3 is 0 Å². The number of nitrogens with one attached hydrogen (secondary N) is 1. The van der Waals surface area contributed by atoms with Crippen LogP contribution in [0.25, 0.3) is 16.5 Å². The van der Waals surface area contributed by atoms with E-state index in [1.165, 1.54) is 0 Å². The zero-order valence-corrected chi connectivity index (χ0v) is 21.8. The summed E-state index contributed by atoms with van der Waals surface area (Å²) in [6, 6.07) is 7.20. The number of halogens is 1. The third-order valence-electron chi connectivity index (χ3n) is 7.26. The zero-order chi connectivity index (χ0) is 27.2. The molecule has 4 heterocycles. The second-order valence-electron chi connectivity index (χ2n) is 10.3. The second kappa shape index (κ2) is 9.85. The standard InChI is InChI=1S/C23H21N3O5.C5H10FN/c1-13-17(22(28)25-11-23(3,29)12-25)9-26-21(13)19(6-7-24-26)31-15-4-5-16-18(10-27)14(2)30-20(16)8-15;1-7-5-3-2-4(5)6/h4-10,29H,11-12H2,1-3H3;4-5,7H,2-3H2,1H3. The minimum Gasteiger partial charge on any atom is -0.460 e. The first-order valence-corrected chi connectivity index (χ1v) is 12.6. The molecule has 2 atom stereocenters. The number of aliphatic hydroxyl groups is 1. The summed E-state index contributed by atoms with van der Waals surface area (Å²) in [4.78, 5) is 25.8. The molecule has 200 valence electrons. The maximum atomic E-state index is 12.9. The molecule has 1 aliphatic carbocycles. The Bertz CT molecular complexity index is 1510. The largest absolute Gasteiger partial charge is 0.460 e. The summed E-state index contributed by atoms with van der Waals surface area (Å²) in [5.41, 5.74) is 2.22. The van der Waals surface area contributed by atoms with E-state index < -0.39 is 11.8 Å². The highest BCUT2D eigenvalue weighted by Gasteiger charge is 2.40. The Hall–Kier alpha value is -3.76. The van der Waals surface area contributed by atoms with Crippen LogP contribution in [0.1, 0.15) is 51.8 Å². The molecule has 2 aliphatic rings. The molecule has 0 radical (unpaired) electrons. The maximum Gasteiger partial charge on any atom is 0.255 e. The molecule has 4 aromatic rings. The van der Waals surface area contributed by atoms with Gasteiger partial charge in [0.1, 0.15) is 28.8 Å². The number of hydrogen-bond acceptors (Lipinski definition) is 7. The number of likely N-dealkylation sites (tertiary alicyclic amines) is 1. The molecule has 1 saturated heterocycles. The van der Waals surface area contributed by atoms with Crippen molar-refractivity contribution in [2.75, 3.05) is 20.1 Å². The van der Waals surface area contributed by atoms with Crippen molar-refractivity contribution in [3.05, 3.63) is 59.1 Å². The third kappa shape index (κ3) is 4.65. The molecule has 0 spiro atoms. The van der Waals surface area contributed by atoms with E-state index >= 15 is 0 Å². The van der Waals surface area contributed by atoms with Crippen molar-refractivity contribution in [1.29, 1.82) is 0 Å². The molecule has 2 N–H and O–H groups in total. The number of alkyl halides is 1. The van der Waals surface area contributed by atoms with Crippen LogP contribution in [0.4, 0.5) is 4.39 Å². The summed E-state index contributed by atoms with van der Waals surface area (Å²) in [5, 5.41) is 17.9. The van der Waals surface area contributed by atoms with Crippen LogP contribution in [0.15, 0.2) is 41.1 Å². The van der Waals surface area contributed by atoms with Gasteiger partial charge in [-0.1, -0.05) is 0 Å². The molecule has 3 aromatic heterocycles. The van der Waals surface area contributed by atoms with Crippen LogP contribution in [0, 0.1) is 13.8 Å². The summed E-state index contributed by atoms with van der Waals surface area (Å²) in [6.07, 6.45) is 5.27. The van der Waals surface area contributed by atoms with Gasteiger partial charge in [0.05, 0.1) is 36.0 Å². The lowest BCUT2D eigenvalue weighted by Gasteiger charge is -2.44. The van der Waals surface area contributed by atoms with Gasteiger partial charge in [0.15, 0.2) is 12.0 Å². The monoisotopic (exact) mass is 522 g/mol. The highest BCUT2D eigenvalue weighted by molar-refractivity contribution is 5.99. The smallest absolute Gasteiger partial charge is 0.255 e. The van der Waals surface area contributed by atoms with Gasteiger partial charge in [-0.3, -0.25) is 9.59 Å². The number of ether oxygens (including phenoxy) is 1. The Balaban J connectivity index is 0.000000366. The van der Waals surface area contributed by atoms with Crippen molar-refractivity contribution in [3.8, 4) is 11.5 Å². The first-order chi connectivity index (χ1) is 18.1. The molecular formula is C28H31FN4O5. The molecule has 6 rings (SSSR count). The van der Waals surface area contributed by atoms with Crippen LogP contribution in [0.5, 0.6) is 11.5 Å². The summed E-state index contributed by atoms with van der Waals surface area (Å²) in [7, 11) is 1.80. The quantitative estimate of drug-likeness (QED) is 0.378. The van der Waals surface area contributed by atoms with E-state index in [1.54, 1.807) is 67.0 Å². The molecule has 0 bridgehead atoms. The number of carbonyl (C=O) groups is 2. The van der Waals surface area contributed by atoms with Gasteiger partial charge in [-0.15, -0.1) is 0 Å². The molecule has 2 unspecified atom stereocenters. The second-order valence-corrected chi connectivity index (χ2v) is 10.3. The number of hydrogen-bond donors (Lipinski definition) is 2. The van der Waals surface area contributed by atoms with Gasteiger partial charge in [-0.25, -0.2) is 8.91 Å². The number of fused-ring (bicyclic) bond motifs is 2. The zero-order valence-electron chi connectivity index (χ0n) is 21.8. The first-order valence-electron chi connectivity index (χ1n) is 12.6. The number of carbonyl (C=O) groups excluding carboxylic acids is 2. The fourth-order valence-corrected chi connectivity index (χ4v) is 4.95. The molecule has 9 nitrogen and oxygen atoms in total. The van der Waals surface area contributed by atoms with E-state index in [0.717, 1.165) is 30.1 Å². The van der Waals surface area contributed by atoms with E-state index in [-0.39, 0.29) is 11.9 Å². The van der Waals surface area contributed by atoms with Crippen molar-refractivity contribution in [3.63, 3.8) is 0 Å². The Morgan fingerprint density at radius 2 is 2.05 bits per heavy atom. The lowest BCUT2D eigenvalue weighted by atomic mass is 9.91. The summed E-state index contributed by atoms with van der Waals surface area (Å²) in [5.74, 6) is 1.50. The lowest BCUT2D eigenvalue weighted by molar-refractivity contribution is -0.0669. The normalized spacial score (nSPS) is 19.9. The van der Waals surface area contributed by atoms with Gasteiger partial charge < -0.3 is 24.5 Å². The molecule has 1 amide bonds. The van der Waals surface area contributed by atoms with Crippen molar-refractivity contribution >= 4 is 28.7 Å². The summed E-state index contributed by atoms with van der Waals surface area (Å²) < 4.78 is 25.5. The van der Waals surface area contributed by atoms with E-state index in [0.29, 0.717) is 52.6 Å². The first kappa shape index (κ1) is 25.9. The lowest BCUT2D eigenvalue weighted by Crippen LogP contribution is -2.61. The van der Waals surface area contributed by atoms with Gasteiger partial charge in [0, 0.05) is 29.8 Å². The fourth-order valence-electron chi connectivity index (χ4n) is 4.95. The number of aromatic nitrogens is 2. The van der Waals surface area contributed by atoms with Crippen LogP contribution >= 0.6 is 0 Å². The Labute approximate surface area is 219 Å². The van der Waals surface area contributed by atoms with E-state index in [4.69, 9.17) is 9.15 Å². The van der Waals surface area contributed by atoms with E-state index in [2.05, 4.69) is 10.4 Å². The fraction of sp³-hybridized carbons (Fsp3) is 0.393. The Morgan fingerprint density at radius 1 is 1.29 bits per heavy atom. The van der Waals surface area contributed by atoms with Gasteiger partial charge in [-0.05, 0) is 58.4 Å². The number of aldehydes is 1. The topological polar surface area (TPSA) is 109 Å². The highest BCUT2D eigenvalue weighted by atomic mass is 19.1. The van der Waals surface area contributed by atoms with Gasteiger partial charge in [0.25, 0.3) is 5.91 Å². The SMILES string of the molecule is CNC1CCC1F.Cc1oc2cc(Oc3ccnn4cc(C(=O)N5CC(C)(O)C5)c(C)c34)ccc2c1C=O. The molecule has 1 aliphatic heterocycles. The van der Waals surface area contributed by atoms with Crippen molar-refractivity contribution < 1.29 is 28.2 Å². The van der Waals surface area contributed by atoms with Gasteiger partial charge in [-0.2, -0.15) is 5.10 Å². The van der Waals surface area contributed by atoms with Crippen LogP contribution in [-0.2, 0) is 0 Å². The van der Waals surface area contributed by atoms with Crippen LogP contribution in [0.3, 0.4) is 0 Å². The Kier molecular flexibility index (Phi) is 6.70. The molecule has 2 fully saturated rings. The van der Waals surface area contributed by atoms with Gasteiger partial charge in [0.2, 0.25) is 0 Å². The minimum atomic E-state index is -0.832. The van der Waals surface area contributed by atoms with E-state index in [1.807, 2.05) is 6.92 Å². The summed E-state index contributed by atoms with van der Waals surface area (Å²) >= 11 is 0. The predicted octanol–water partition coefficient (Wildman–Crippen LogP) is 4.22. The van der Waals surface area contributed by atoms with Crippen LogP contribution in [-0.4, -0.2) is 69.8 Å². The van der Waals surface area contributed by atoms with Crippen molar-refractivity contribution in [2.24, 2.45) is 0 Å². The number of β-amino-alcohol motifs (C(OH)–C–C–N with tert-alkyl or cyclic N) is 1. The summed E-state index contributed by atoms with van der Waals surface area (Å²) in [6.45, 7) is 5.92. The average molecular weight is 523 g/mol. The maximum absolute atomic E-state index is 12.9. The average Bonchev–Trinajstić information content (AvgIpc) is 3.37. The number of nitrogens with zero attached hydrogens (tertiary/aromatic N) is 3. The molecular weight excluding hydrogens is 491 g/mol. The van der Waals surface area contributed by atoms with Crippen LogP contribution in [0.2, 0.25) is 0 Å². The molecule has 1 saturated carbocycles. The number of benzene rings is 1. The number of aryl methyl sites for hydroxylation is 2. The highest BCUT2D eigenvalue weighted by Crippen LogP contribution is 2.34. The van der Waals surface area contributed by atoms with Crippen molar-refractivity contribution in [1.82, 2.24) is 19.8 Å². The third-order valence-corrected chi connectivity index (χ3v) is 7.26. The number of rotatable bonds is 5. The Morgan fingerprint density at radius 3 is 2.63 bits per heavy atom.